The molecular formula is C23H21N3O3. The smallest absolute Gasteiger partial charge is 0.329 e. The predicted molar refractivity (Wildman–Crippen MR) is 113 cm³/mol. The van der Waals surface area contributed by atoms with Gasteiger partial charge in [-0.25, -0.2) is 5.43 Å². The van der Waals surface area contributed by atoms with Crippen LogP contribution < -0.4 is 15.5 Å². The van der Waals surface area contributed by atoms with Crippen LogP contribution in [0, 0.1) is 6.92 Å². The molecule has 6 heteroatoms. The van der Waals surface area contributed by atoms with E-state index >= 15 is 0 Å². The van der Waals surface area contributed by atoms with Crippen LogP contribution in [-0.4, -0.2) is 18.0 Å². The Hall–Kier alpha value is -3.93. The Morgan fingerprint density at radius 1 is 0.897 bits per heavy atom. The summed E-state index contributed by atoms with van der Waals surface area (Å²) in [5.41, 5.74) is 5.67. The van der Waals surface area contributed by atoms with E-state index in [1.807, 2.05) is 73.7 Å². The van der Waals surface area contributed by atoms with Gasteiger partial charge < -0.3 is 10.1 Å². The van der Waals surface area contributed by atoms with E-state index in [1.54, 1.807) is 12.1 Å². The lowest BCUT2D eigenvalue weighted by Gasteiger charge is -2.06. The molecule has 2 N–H and O–H groups in total. The Balaban J connectivity index is 1.46. The van der Waals surface area contributed by atoms with E-state index in [1.165, 1.54) is 6.21 Å². The number of anilines is 1. The number of benzene rings is 3. The number of hydrogen-bond acceptors (Lipinski definition) is 4. The van der Waals surface area contributed by atoms with Gasteiger partial charge >= 0.3 is 11.8 Å². The summed E-state index contributed by atoms with van der Waals surface area (Å²) in [7, 11) is 0. The Bertz CT molecular complexity index is 982. The monoisotopic (exact) mass is 387 g/mol. The molecule has 3 rings (SSSR count). The van der Waals surface area contributed by atoms with Crippen LogP contribution in [-0.2, 0) is 16.2 Å². The standard InChI is InChI=1S/C23H21N3O3/c1-17-7-11-20(12-8-17)25-22(27)23(28)26-24-15-18-9-13-21(14-10-18)29-16-19-5-3-2-4-6-19/h2-15H,16H2,1H3,(H,25,27)(H,26,28). The van der Waals surface area contributed by atoms with Crippen molar-refractivity contribution in [1.29, 1.82) is 0 Å². The lowest BCUT2D eigenvalue weighted by atomic mass is 10.2. The van der Waals surface area contributed by atoms with Gasteiger partial charge in [0.2, 0.25) is 0 Å². The Morgan fingerprint density at radius 2 is 1.59 bits per heavy atom. The molecule has 3 aromatic rings. The molecule has 0 radical (unpaired) electrons. The highest BCUT2D eigenvalue weighted by Gasteiger charge is 2.12. The van der Waals surface area contributed by atoms with Gasteiger partial charge in [-0.2, -0.15) is 5.10 Å². The molecular weight excluding hydrogens is 366 g/mol. The summed E-state index contributed by atoms with van der Waals surface area (Å²) in [6.45, 7) is 2.43. The van der Waals surface area contributed by atoms with E-state index in [4.69, 9.17) is 4.74 Å². The first-order chi connectivity index (χ1) is 14.1. The van der Waals surface area contributed by atoms with Gasteiger partial charge in [0.25, 0.3) is 0 Å². The third-order valence-electron chi connectivity index (χ3n) is 4.02. The maximum atomic E-state index is 11.9. The lowest BCUT2D eigenvalue weighted by molar-refractivity contribution is -0.136. The molecule has 0 fully saturated rings. The second kappa shape index (κ2) is 9.85. The van der Waals surface area contributed by atoms with Crippen molar-refractivity contribution in [2.24, 2.45) is 5.10 Å². The molecule has 2 amide bonds. The van der Waals surface area contributed by atoms with Crippen LogP contribution in [0.5, 0.6) is 5.75 Å². The summed E-state index contributed by atoms with van der Waals surface area (Å²) < 4.78 is 5.72. The molecule has 0 aliphatic heterocycles. The summed E-state index contributed by atoms with van der Waals surface area (Å²) in [6, 6.07) is 24.3. The third-order valence-corrected chi connectivity index (χ3v) is 4.02. The lowest BCUT2D eigenvalue weighted by Crippen LogP contribution is -2.32. The fraction of sp³-hybridized carbons (Fsp3) is 0.0870. The highest BCUT2D eigenvalue weighted by Crippen LogP contribution is 2.13. The van der Waals surface area contributed by atoms with Crippen LogP contribution in [0.2, 0.25) is 0 Å². The van der Waals surface area contributed by atoms with Crippen molar-refractivity contribution in [3.8, 4) is 5.75 Å². The Kier molecular flexibility index (Phi) is 6.73. The van der Waals surface area contributed by atoms with Gasteiger partial charge in [0, 0.05) is 5.69 Å². The minimum absolute atomic E-state index is 0.487. The third kappa shape index (κ3) is 6.32. The molecule has 0 aromatic heterocycles. The van der Waals surface area contributed by atoms with Crippen molar-refractivity contribution in [3.05, 3.63) is 95.6 Å². The molecule has 0 atom stereocenters. The molecule has 0 spiro atoms. The van der Waals surface area contributed by atoms with E-state index in [2.05, 4.69) is 15.8 Å². The van der Waals surface area contributed by atoms with E-state index in [0.717, 1.165) is 22.4 Å². The van der Waals surface area contributed by atoms with Gasteiger partial charge in [0.05, 0.1) is 6.21 Å². The summed E-state index contributed by atoms with van der Waals surface area (Å²) in [6.07, 6.45) is 1.46. The number of carbonyl (C=O) groups is 2. The Labute approximate surface area is 169 Å². The molecule has 3 aromatic carbocycles. The average molecular weight is 387 g/mol. The van der Waals surface area contributed by atoms with E-state index in [9.17, 15) is 9.59 Å². The van der Waals surface area contributed by atoms with Crippen molar-refractivity contribution >= 4 is 23.7 Å². The highest BCUT2D eigenvalue weighted by molar-refractivity contribution is 6.39. The van der Waals surface area contributed by atoms with Gasteiger partial charge in [0.1, 0.15) is 12.4 Å². The number of ether oxygens (including phenoxy) is 1. The fourth-order valence-corrected chi connectivity index (χ4v) is 2.43. The fourth-order valence-electron chi connectivity index (χ4n) is 2.43. The first-order valence-electron chi connectivity index (χ1n) is 9.08. The first kappa shape index (κ1) is 19.8. The van der Waals surface area contributed by atoms with Crippen LogP contribution >= 0.6 is 0 Å². The van der Waals surface area contributed by atoms with Gasteiger partial charge in [0.15, 0.2) is 0 Å². The van der Waals surface area contributed by atoms with Gasteiger partial charge in [-0.05, 0) is 54.4 Å². The minimum Gasteiger partial charge on any atom is -0.489 e. The Morgan fingerprint density at radius 3 is 2.28 bits per heavy atom. The van der Waals surface area contributed by atoms with Crippen LogP contribution in [0.4, 0.5) is 5.69 Å². The molecule has 0 bridgehead atoms. The van der Waals surface area contributed by atoms with Crippen molar-refractivity contribution < 1.29 is 14.3 Å². The summed E-state index contributed by atoms with van der Waals surface area (Å²) in [5, 5.41) is 6.33. The second-order valence-electron chi connectivity index (χ2n) is 6.36. The van der Waals surface area contributed by atoms with Crippen molar-refractivity contribution in [2.75, 3.05) is 5.32 Å². The maximum absolute atomic E-state index is 11.9. The van der Waals surface area contributed by atoms with Crippen molar-refractivity contribution in [3.63, 3.8) is 0 Å². The summed E-state index contributed by atoms with van der Waals surface area (Å²) >= 11 is 0. The van der Waals surface area contributed by atoms with Crippen LogP contribution in [0.25, 0.3) is 0 Å². The summed E-state index contributed by atoms with van der Waals surface area (Å²) in [4.78, 5) is 23.7. The number of aryl methyl sites for hydroxylation is 1. The predicted octanol–water partition coefficient (Wildman–Crippen LogP) is 3.66. The quantitative estimate of drug-likeness (QED) is 0.385. The van der Waals surface area contributed by atoms with E-state index in [0.29, 0.717) is 12.3 Å². The SMILES string of the molecule is Cc1ccc(NC(=O)C(=O)NN=Cc2ccc(OCc3ccccc3)cc2)cc1. The van der Waals surface area contributed by atoms with E-state index in [-0.39, 0.29) is 0 Å². The molecule has 146 valence electrons. The van der Waals surface area contributed by atoms with Gasteiger partial charge in [-0.1, -0.05) is 48.0 Å². The molecule has 6 nitrogen and oxygen atoms in total. The van der Waals surface area contributed by atoms with Gasteiger partial charge in [-0.3, -0.25) is 9.59 Å². The number of carbonyl (C=O) groups excluding carboxylic acids is 2. The molecule has 0 aliphatic carbocycles. The summed E-state index contributed by atoms with van der Waals surface area (Å²) in [5.74, 6) is -0.896. The highest BCUT2D eigenvalue weighted by atomic mass is 16.5. The zero-order chi connectivity index (χ0) is 20.5. The molecule has 0 aliphatic rings. The molecule has 0 heterocycles. The van der Waals surface area contributed by atoms with Crippen LogP contribution in [0.1, 0.15) is 16.7 Å². The zero-order valence-corrected chi connectivity index (χ0v) is 16.0. The molecule has 0 saturated heterocycles. The number of amides is 2. The minimum atomic E-state index is -0.843. The normalized spacial score (nSPS) is 10.5. The second-order valence-corrected chi connectivity index (χ2v) is 6.36. The molecule has 29 heavy (non-hydrogen) atoms. The number of nitrogens with zero attached hydrogens (tertiary/aromatic N) is 1. The maximum Gasteiger partial charge on any atom is 0.329 e. The van der Waals surface area contributed by atoms with Crippen LogP contribution in [0.3, 0.4) is 0 Å². The van der Waals surface area contributed by atoms with E-state index < -0.39 is 11.8 Å². The van der Waals surface area contributed by atoms with Crippen LogP contribution in [0.15, 0.2) is 84.0 Å². The zero-order valence-electron chi connectivity index (χ0n) is 16.0. The van der Waals surface area contributed by atoms with Crippen molar-refractivity contribution in [1.82, 2.24) is 5.43 Å². The number of rotatable bonds is 6. The molecule has 0 saturated carbocycles. The molecule has 0 unspecified atom stereocenters. The topological polar surface area (TPSA) is 79.8 Å². The number of hydrogen-bond donors (Lipinski definition) is 2. The average Bonchev–Trinajstić information content (AvgIpc) is 2.75. The van der Waals surface area contributed by atoms with Crippen molar-refractivity contribution in [2.45, 2.75) is 13.5 Å². The van der Waals surface area contributed by atoms with Gasteiger partial charge in [-0.15, -0.1) is 0 Å². The number of hydrazone groups is 1. The largest absolute Gasteiger partial charge is 0.489 e. The number of nitrogens with one attached hydrogen (secondary N) is 2. The first-order valence-corrected chi connectivity index (χ1v) is 9.08.